The molecule has 0 amide bonds. The van der Waals surface area contributed by atoms with Crippen LogP contribution in [0.15, 0.2) is 0 Å². The van der Waals surface area contributed by atoms with Crippen LogP contribution in [0, 0.1) is 5.92 Å². The molecule has 0 radical (unpaired) electrons. The van der Waals surface area contributed by atoms with Crippen LogP contribution in [-0.2, 0) is 9.53 Å². The molecule has 114 valence electrons. The minimum Gasteiger partial charge on any atom is -0.459 e. The molecule has 0 aliphatic heterocycles. The fourth-order valence-electron chi connectivity index (χ4n) is 1.82. The van der Waals surface area contributed by atoms with E-state index in [4.69, 9.17) is 4.74 Å². The average Bonchev–Trinajstić information content (AvgIpc) is 2.24. The number of ether oxygens (including phenoxy) is 1. The average molecular weight is 271 g/mol. The van der Waals surface area contributed by atoms with Gasteiger partial charge in [0, 0.05) is 0 Å². The molecule has 0 aliphatic carbocycles. The van der Waals surface area contributed by atoms with Crippen molar-refractivity contribution < 1.29 is 9.53 Å². The van der Waals surface area contributed by atoms with Crippen molar-refractivity contribution in [2.45, 2.75) is 85.3 Å². The lowest BCUT2D eigenvalue weighted by Gasteiger charge is -2.22. The van der Waals surface area contributed by atoms with Crippen molar-refractivity contribution >= 4 is 5.97 Å². The molecule has 0 bridgehead atoms. The number of nitrogens with one attached hydrogen (secondary N) is 1. The summed E-state index contributed by atoms with van der Waals surface area (Å²) >= 11 is 0. The van der Waals surface area contributed by atoms with Gasteiger partial charge in [-0.2, -0.15) is 0 Å². The molecule has 0 aromatic carbocycles. The van der Waals surface area contributed by atoms with E-state index >= 15 is 0 Å². The van der Waals surface area contributed by atoms with Gasteiger partial charge in [-0.05, 0) is 46.6 Å². The Morgan fingerprint density at radius 2 is 1.63 bits per heavy atom. The Hall–Kier alpha value is -0.570. The van der Waals surface area contributed by atoms with Crippen LogP contribution in [0.25, 0.3) is 0 Å². The molecule has 1 N–H and O–H groups in total. The van der Waals surface area contributed by atoms with Gasteiger partial charge in [0.1, 0.15) is 11.6 Å². The molecule has 0 fully saturated rings. The lowest BCUT2D eigenvalue weighted by molar-refractivity contribution is -0.156. The zero-order valence-corrected chi connectivity index (χ0v) is 13.7. The third-order valence-corrected chi connectivity index (χ3v) is 2.92. The highest BCUT2D eigenvalue weighted by atomic mass is 16.6. The van der Waals surface area contributed by atoms with Gasteiger partial charge in [0.2, 0.25) is 0 Å². The molecule has 0 spiro atoms. The molecule has 0 heterocycles. The standard InChI is InChI=1S/C16H33NO2/c1-13(2)11-9-7-8-10-12-17-14(3)15(18)19-16(4,5)6/h13-14,17H,7-12H2,1-6H3. The minimum atomic E-state index is -0.399. The topological polar surface area (TPSA) is 38.3 Å². The van der Waals surface area contributed by atoms with Gasteiger partial charge in [0.15, 0.2) is 0 Å². The third kappa shape index (κ3) is 12.2. The second-order valence-electron chi connectivity index (χ2n) is 6.81. The van der Waals surface area contributed by atoms with Crippen molar-refractivity contribution in [2.75, 3.05) is 6.54 Å². The second-order valence-corrected chi connectivity index (χ2v) is 6.81. The molecule has 3 nitrogen and oxygen atoms in total. The van der Waals surface area contributed by atoms with Gasteiger partial charge in [0.05, 0.1) is 0 Å². The van der Waals surface area contributed by atoms with Gasteiger partial charge >= 0.3 is 5.97 Å². The predicted octanol–water partition coefficient (Wildman–Crippen LogP) is 3.91. The molecular formula is C16H33NO2. The Balaban J connectivity index is 3.53. The summed E-state index contributed by atoms with van der Waals surface area (Å²) in [6.07, 6.45) is 6.30. The summed E-state index contributed by atoms with van der Waals surface area (Å²) < 4.78 is 5.32. The smallest absolute Gasteiger partial charge is 0.323 e. The van der Waals surface area contributed by atoms with E-state index < -0.39 is 5.60 Å². The van der Waals surface area contributed by atoms with Gasteiger partial charge in [-0.25, -0.2) is 0 Å². The van der Waals surface area contributed by atoms with E-state index in [-0.39, 0.29) is 12.0 Å². The van der Waals surface area contributed by atoms with Crippen molar-refractivity contribution in [3.63, 3.8) is 0 Å². The lowest BCUT2D eigenvalue weighted by atomic mass is 10.0. The highest BCUT2D eigenvalue weighted by Gasteiger charge is 2.20. The molecule has 0 aliphatic rings. The van der Waals surface area contributed by atoms with Crippen molar-refractivity contribution in [1.82, 2.24) is 5.32 Å². The predicted molar refractivity (Wildman–Crippen MR) is 81.2 cm³/mol. The molecule has 0 rings (SSSR count). The van der Waals surface area contributed by atoms with Crippen LogP contribution in [0.4, 0.5) is 0 Å². The van der Waals surface area contributed by atoms with Crippen molar-refractivity contribution in [3.8, 4) is 0 Å². The van der Waals surface area contributed by atoms with Crippen LogP contribution in [-0.4, -0.2) is 24.2 Å². The number of hydrogen-bond donors (Lipinski definition) is 1. The highest BCUT2D eigenvalue weighted by Crippen LogP contribution is 2.10. The van der Waals surface area contributed by atoms with Gasteiger partial charge < -0.3 is 10.1 Å². The highest BCUT2D eigenvalue weighted by molar-refractivity contribution is 5.75. The van der Waals surface area contributed by atoms with Gasteiger partial charge in [-0.3, -0.25) is 4.79 Å². The van der Waals surface area contributed by atoms with Crippen LogP contribution >= 0.6 is 0 Å². The summed E-state index contributed by atoms with van der Waals surface area (Å²) in [7, 11) is 0. The molecule has 1 atom stereocenters. The summed E-state index contributed by atoms with van der Waals surface area (Å²) in [5, 5.41) is 3.23. The van der Waals surface area contributed by atoms with Crippen LogP contribution in [0.5, 0.6) is 0 Å². The Bertz CT molecular complexity index is 244. The van der Waals surface area contributed by atoms with E-state index in [9.17, 15) is 4.79 Å². The number of hydrogen-bond acceptors (Lipinski definition) is 3. The van der Waals surface area contributed by atoms with E-state index in [1.165, 1.54) is 25.7 Å². The second kappa shape index (κ2) is 9.35. The number of unbranched alkanes of at least 4 members (excludes halogenated alkanes) is 3. The summed E-state index contributed by atoms with van der Waals surface area (Å²) in [5.74, 6) is 0.651. The summed E-state index contributed by atoms with van der Waals surface area (Å²) in [5.41, 5.74) is -0.399. The largest absolute Gasteiger partial charge is 0.459 e. The molecule has 19 heavy (non-hydrogen) atoms. The number of esters is 1. The van der Waals surface area contributed by atoms with Crippen molar-refractivity contribution in [2.24, 2.45) is 5.92 Å². The minimum absolute atomic E-state index is 0.160. The molecule has 3 heteroatoms. The van der Waals surface area contributed by atoms with Gasteiger partial charge in [0.25, 0.3) is 0 Å². The van der Waals surface area contributed by atoms with Crippen LogP contribution in [0.2, 0.25) is 0 Å². The Labute approximate surface area is 119 Å². The van der Waals surface area contributed by atoms with E-state index in [1.807, 2.05) is 27.7 Å². The first-order valence-corrected chi connectivity index (χ1v) is 7.68. The monoisotopic (exact) mass is 271 g/mol. The summed E-state index contributed by atoms with van der Waals surface area (Å²) in [6, 6.07) is -0.213. The summed E-state index contributed by atoms with van der Waals surface area (Å²) in [6.45, 7) is 13.0. The van der Waals surface area contributed by atoms with Crippen molar-refractivity contribution in [3.05, 3.63) is 0 Å². The van der Waals surface area contributed by atoms with E-state index in [0.717, 1.165) is 18.9 Å². The van der Waals surface area contributed by atoms with Gasteiger partial charge in [-0.1, -0.05) is 39.5 Å². The van der Waals surface area contributed by atoms with Crippen LogP contribution in [0.1, 0.15) is 73.6 Å². The van der Waals surface area contributed by atoms with E-state index in [0.29, 0.717) is 0 Å². The molecule has 0 aromatic heterocycles. The Morgan fingerprint density at radius 1 is 1.05 bits per heavy atom. The SMILES string of the molecule is CC(C)CCCCCCNC(C)C(=O)OC(C)(C)C. The first-order valence-electron chi connectivity index (χ1n) is 7.68. The molecule has 0 saturated heterocycles. The lowest BCUT2D eigenvalue weighted by Crippen LogP contribution is -2.39. The van der Waals surface area contributed by atoms with Crippen molar-refractivity contribution in [1.29, 1.82) is 0 Å². The maximum absolute atomic E-state index is 11.7. The van der Waals surface area contributed by atoms with Gasteiger partial charge in [-0.15, -0.1) is 0 Å². The zero-order chi connectivity index (χ0) is 14.9. The molecule has 1 unspecified atom stereocenters. The quantitative estimate of drug-likeness (QED) is 0.510. The fraction of sp³-hybridized carbons (Fsp3) is 0.938. The Morgan fingerprint density at radius 3 is 2.16 bits per heavy atom. The maximum atomic E-state index is 11.7. The third-order valence-electron chi connectivity index (χ3n) is 2.92. The Kier molecular flexibility index (Phi) is 9.07. The maximum Gasteiger partial charge on any atom is 0.323 e. The van der Waals surface area contributed by atoms with Crippen LogP contribution in [0.3, 0.4) is 0 Å². The molecule has 0 aromatic rings. The number of carbonyl (C=O) groups excluding carboxylic acids is 1. The molecular weight excluding hydrogens is 238 g/mol. The summed E-state index contributed by atoms with van der Waals surface area (Å²) in [4.78, 5) is 11.7. The van der Waals surface area contributed by atoms with E-state index in [2.05, 4.69) is 19.2 Å². The zero-order valence-electron chi connectivity index (χ0n) is 13.7. The molecule has 0 saturated carbocycles. The first kappa shape index (κ1) is 18.4. The number of rotatable bonds is 9. The number of carbonyl (C=O) groups is 1. The van der Waals surface area contributed by atoms with E-state index in [1.54, 1.807) is 0 Å². The fourth-order valence-corrected chi connectivity index (χ4v) is 1.82. The van der Waals surface area contributed by atoms with Crippen LogP contribution < -0.4 is 5.32 Å². The normalized spacial score (nSPS) is 13.6. The first-order chi connectivity index (χ1) is 8.72.